The van der Waals surface area contributed by atoms with Gasteiger partial charge >= 0.3 is 0 Å². The van der Waals surface area contributed by atoms with Crippen molar-refractivity contribution >= 4 is 16.6 Å². The van der Waals surface area contributed by atoms with Crippen molar-refractivity contribution in [2.45, 2.75) is 6.92 Å². The van der Waals surface area contributed by atoms with Gasteiger partial charge in [-0.1, -0.05) is 0 Å². The zero-order valence-electron chi connectivity index (χ0n) is 14.6. The van der Waals surface area contributed by atoms with E-state index < -0.39 is 0 Å². The average Bonchev–Trinajstić information content (AvgIpc) is 2.60. The van der Waals surface area contributed by atoms with Gasteiger partial charge in [0.1, 0.15) is 23.0 Å². The molecule has 0 aromatic heterocycles. The molecule has 7 heteroatoms. The van der Waals surface area contributed by atoms with Gasteiger partial charge in [0, 0.05) is 0 Å². The van der Waals surface area contributed by atoms with Crippen molar-refractivity contribution in [3.05, 3.63) is 23.8 Å². The van der Waals surface area contributed by atoms with Gasteiger partial charge < -0.3 is 19.3 Å². The molecule has 2 rings (SSSR count). The monoisotopic (exact) mass is 338 g/mol. The first-order chi connectivity index (χ1) is 11.5. The highest BCUT2D eigenvalue weighted by atomic mass is 17.2. The van der Waals surface area contributed by atoms with Crippen molar-refractivity contribution in [1.82, 2.24) is 0 Å². The van der Waals surface area contributed by atoms with Gasteiger partial charge in [0.05, 0.1) is 51.9 Å². The van der Waals surface area contributed by atoms with Crippen molar-refractivity contribution in [3.63, 3.8) is 0 Å². The van der Waals surface area contributed by atoms with E-state index in [4.69, 9.17) is 14.2 Å². The summed E-state index contributed by atoms with van der Waals surface area (Å²) >= 11 is 0. The van der Waals surface area contributed by atoms with Gasteiger partial charge in [-0.3, -0.25) is 4.79 Å². The van der Waals surface area contributed by atoms with Crippen LogP contribution in [-0.4, -0.2) is 46.4 Å². The molecule has 0 bridgehead atoms. The van der Waals surface area contributed by atoms with E-state index in [2.05, 4.69) is 9.78 Å². The van der Waals surface area contributed by atoms with Crippen LogP contribution >= 0.6 is 0 Å². The van der Waals surface area contributed by atoms with Crippen LogP contribution in [0, 0.1) is 0 Å². The summed E-state index contributed by atoms with van der Waals surface area (Å²) in [5.74, 6) is 1.03. The highest BCUT2D eigenvalue weighted by Crippen LogP contribution is 2.45. The number of carbonyl (C=O) groups excluding carboxylic acids is 1. The molecule has 0 saturated heterocycles. The van der Waals surface area contributed by atoms with Gasteiger partial charge in [-0.2, -0.15) is 0 Å². The summed E-state index contributed by atoms with van der Waals surface area (Å²) in [6.07, 6.45) is 0. The largest absolute Gasteiger partial charge is 0.506 e. The number of methoxy groups -OCH3 is 3. The number of benzene rings is 2. The molecular formula is C17H22O7. The zero-order chi connectivity index (χ0) is 18.3. The van der Waals surface area contributed by atoms with Gasteiger partial charge in [0.2, 0.25) is 0 Å². The maximum absolute atomic E-state index is 11.6. The number of aromatic hydroxyl groups is 1. The summed E-state index contributed by atoms with van der Waals surface area (Å²) in [6, 6.07) is 4.89. The van der Waals surface area contributed by atoms with Crippen LogP contribution in [0.25, 0.3) is 10.8 Å². The Morgan fingerprint density at radius 3 is 1.67 bits per heavy atom. The second kappa shape index (κ2) is 8.95. The molecule has 132 valence electrons. The number of hydrogen-bond donors (Lipinski definition) is 1. The summed E-state index contributed by atoms with van der Waals surface area (Å²) in [4.78, 5) is 19.7. The molecule has 0 aliphatic carbocycles. The lowest BCUT2D eigenvalue weighted by atomic mass is 10.0. The quantitative estimate of drug-likeness (QED) is 0.510. The van der Waals surface area contributed by atoms with Crippen molar-refractivity contribution in [2.24, 2.45) is 0 Å². The fourth-order valence-corrected chi connectivity index (χ4v) is 2.22. The molecule has 0 aliphatic rings. The molecule has 0 atom stereocenters. The van der Waals surface area contributed by atoms with Crippen LogP contribution in [0.1, 0.15) is 17.3 Å². The van der Waals surface area contributed by atoms with Crippen LogP contribution in [0.2, 0.25) is 0 Å². The van der Waals surface area contributed by atoms with E-state index in [9.17, 15) is 9.90 Å². The number of phenols is 1. The molecule has 2 aromatic carbocycles. The first-order valence-corrected chi connectivity index (χ1v) is 6.99. The lowest BCUT2D eigenvalue weighted by molar-refractivity contribution is -0.248. The van der Waals surface area contributed by atoms with Crippen molar-refractivity contribution in [2.75, 3.05) is 35.5 Å². The molecule has 2 aromatic rings. The molecule has 7 nitrogen and oxygen atoms in total. The topological polar surface area (TPSA) is 83.5 Å². The SMILES string of the molecule is COOC.COc1ccc(OC)c2c(O)c(C(C)=O)cc(OC)c12. The Balaban J connectivity index is 0.000000648. The number of hydrogen-bond acceptors (Lipinski definition) is 7. The van der Waals surface area contributed by atoms with Gasteiger partial charge in [0.25, 0.3) is 0 Å². The number of Topliss-reactive ketones (excluding diaryl/α,β-unsaturated/α-hetero) is 1. The molecule has 1 N–H and O–H groups in total. The van der Waals surface area contributed by atoms with E-state index in [1.54, 1.807) is 12.1 Å². The molecule has 0 spiro atoms. The Morgan fingerprint density at radius 2 is 1.29 bits per heavy atom. The Kier molecular flexibility index (Phi) is 7.29. The third-order valence-corrected chi connectivity index (χ3v) is 3.35. The van der Waals surface area contributed by atoms with Crippen molar-refractivity contribution in [1.29, 1.82) is 0 Å². The van der Waals surface area contributed by atoms with Gasteiger partial charge in [0.15, 0.2) is 5.78 Å². The Hall–Kier alpha value is -2.51. The Morgan fingerprint density at radius 1 is 0.833 bits per heavy atom. The standard InChI is InChI=1S/C15H16O5.C2H6O2/c1-8(16)9-7-12(20-4)13-10(18-2)5-6-11(19-3)14(13)15(9)17;1-3-4-2/h5-7,17H,1-4H3;1-2H3. The van der Waals surface area contributed by atoms with E-state index in [-0.39, 0.29) is 17.1 Å². The maximum Gasteiger partial charge on any atom is 0.163 e. The molecular weight excluding hydrogens is 316 g/mol. The highest BCUT2D eigenvalue weighted by molar-refractivity contribution is 6.09. The third kappa shape index (κ3) is 3.87. The van der Waals surface area contributed by atoms with Gasteiger partial charge in [-0.15, -0.1) is 0 Å². The summed E-state index contributed by atoms with van der Waals surface area (Å²) in [6.45, 7) is 1.38. The van der Waals surface area contributed by atoms with Crippen LogP contribution in [0.3, 0.4) is 0 Å². The van der Waals surface area contributed by atoms with Gasteiger partial charge in [-0.25, -0.2) is 9.78 Å². The average molecular weight is 338 g/mol. The molecule has 0 radical (unpaired) electrons. The lowest BCUT2D eigenvalue weighted by Crippen LogP contribution is -1.99. The van der Waals surface area contributed by atoms with E-state index in [1.807, 2.05) is 0 Å². The van der Waals surface area contributed by atoms with Crippen LogP contribution < -0.4 is 14.2 Å². The fourth-order valence-electron chi connectivity index (χ4n) is 2.22. The Bertz CT molecular complexity index is 708. The van der Waals surface area contributed by atoms with Crippen LogP contribution in [0.4, 0.5) is 0 Å². The minimum absolute atomic E-state index is 0.135. The normalized spacial score (nSPS) is 9.92. The molecule has 24 heavy (non-hydrogen) atoms. The van der Waals surface area contributed by atoms with E-state index >= 15 is 0 Å². The summed E-state index contributed by atoms with van der Waals surface area (Å²) in [5, 5.41) is 11.3. The minimum Gasteiger partial charge on any atom is -0.506 e. The fraction of sp³-hybridized carbons (Fsp3) is 0.353. The molecule has 0 heterocycles. The summed E-state index contributed by atoms with van der Waals surface area (Å²) in [5.41, 5.74) is 0.181. The second-order valence-corrected chi connectivity index (χ2v) is 4.58. The minimum atomic E-state index is -0.257. The smallest absolute Gasteiger partial charge is 0.163 e. The Labute approximate surface area is 140 Å². The summed E-state index contributed by atoms with van der Waals surface area (Å²) in [7, 11) is 7.43. The molecule has 0 amide bonds. The van der Waals surface area contributed by atoms with Crippen LogP contribution in [0.5, 0.6) is 23.0 Å². The number of carbonyl (C=O) groups is 1. The first kappa shape index (κ1) is 19.5. The number of fused-ring (bicyclic) bond motifs is 1. The van der Waals surface area contributed by atoms with Crippen LogP contribution in [-0.2, 0) is 9.78 Å². The highest BCUT2D eigenvalue weighted by Gasteiger charge is 2.21. The number of rotatable bonds is 5. The second-order valence-electron chi connectivity index (χ2n) is 4.58. The van der Waals surface area contributed by atoms with Gasteiger partial charge in [-0.05, 0) is 25.1 Å². The van der Waals surface area contributed by atoms with Crippen LogP contribution in [0.15, 0.2) is 18.2 Å². The first-order valence-electron chi connectivity index (χ1n) is 6.99. The number of ketones is 1. The van der Waals surface area contributed by atoms with E-state index in [1.165, 1.54) is 48.5 Å². The van der Waals surface area contributed by atoms with E-state index in [0.29, 0.717) is 28.0 Å². The predicted molar refractivity (Wildman–Crippen MR) is 89.3 cm³/mol. The van der Waals surface area contributed by atoms with Crippen molar-refractivity contribution < 1.29 is 33.9 Å². The zero-order valence-corrected chi connectivity index (χ0v) is 14.6. The maximum atomic E-state index is 11.6. The number of phenolic OH excluding ortho intramolecular Hbond substituents is 1. The van der Waals surface area contributed by atoms with E-state index in [0.717, 1.165) is 0 Å². The molecule has 0 aliphatic heterocycles. The third-order valence-electron chi connectivity index (χ3n) is 3.35. The number of ether oxygens (including phenoxy) is 3. The predicted octanol–water partition coefficient (Wildman–Crippen LogP) is 2.97. The molecule has 0 unspecified atom stereocenters. The summed E-state index contributed by atoms with van der Waals surface area (Å²) < 4.78 is 15.9. The lowest BCUT2D eigenvalue weighted by Gasteiger charge is -2.16. The molecule has 0 saturated carbocycles. The van der Waals surface area contributed by atoms with Crippen molar-refractivity contribution in [3.8, 4) is 23.0 Å². The molecule has 0 fully saturated rings.